The summed E-state index contributed by atoms with van der Waals surface area (Å²) in [5.41, 5.74) is 0.392. The normalized spacial score (nSPS) is 13.1. The number of aryl methyl sites for hydroxylation is 1. The van der Waals surface area contributed by atoms with E-state index in [1.807, 2.05) is 20.8 Å². The van der Waals surface area contributed by atoms with Crippen LogP contribution >= 0.6 is 11.8 Å². The van der Waals surface area contributed by atoms with Crippen LogP contribution in [0.5, 0.6) is 5.75 Å². The van der Waals surface area contributed by atoms with Crippen LogP contribution in [0.1, 0.15) is 36.7 Å². The van der Waals surface area contributed by atoms with Gasteiger partial charge in [-0.15, -0.1) is 17.7 Å². The zero-order valence-corrected chi connectivity index (χ0v) is 24.6. The van der Waals surface area contributed by atoms with E-state index in [0.717, 1.165) is 5.75 Å². The largest absolute Gasteiger partial charge is 0.523 e. The van der Waals surface area contributed by atoms with E-state index < -0.39 is 21.1 Å². The van der Waals surface area contributed by atoms with Crippen molar-refractivity contribution >= 4 is 27.5 Å². The van der Waals surface area contributed by atoms with Crippen LogP contribution in [-0.4, -0.2) is 45.0 Å². The molecular weight excluding hydrogens is 645 g/mol. The second-order valence-electron chi connectivity index (χ2n) is 6.12. The summed E-state index contributed by atoms with van der Waals surface area (Å²) in [6.07, 6.45) is 0. The average Bonchev–Trinajstić information content (AvgIpc) is 2.53. The maximum absolute atomic E-state index is 13.2. The molecule has 0 aliphatic carbocycles. The number of methoxy groups -OCH3 is 1. The van der Waals surface area contributed by atoms with E-state index in [4.69, 9.17) is 4.74 Å². The van der Waals surface area contributed by atoms with Gasteiger partial charge in [-0.25, -0.2) is 8.42 Å². The Morgan fingerprint density at radius 2 is 1.96 bits per heavy atom. The molecule has 0 spiro atoms. The van der Waals surface area contributed by atoms with Crippen molar-refractivity contribution in [2.75, 3.05) is 19.9 Å². The van der Waals surface area contributed by atoms with Gasteiger partial charge < -0.3 is 22.3 Å². The van der Waals surface area contributed by atoms with Gasteiger partial charge in [0.1, 0.15) is 15.2 Å². The van der Waals surface area contributed by atoms with Crippen molar-refractivity contribution in [3.8, 4) is 5.75 Å². The number of ether oxygens (including phenoxy) is 1. The van der Waals surface area contributed by atoms with Gasteiger partial charge in [-0.1, -0.05) is 27.7 Å². The number of carbonyl (C=O) groups is 1. The minimum absolute atomic E-state index is 0. The van der Waals surface area contributed by atoms with Crippen LogP contribution in [0.2, 0.25) is 0 Å². The molecule has 1 aromatic rings. The van der Waals surface area contributed by atoms with Crippen molar-refractivity contribution in [3.05, 3.63) is 30.2 Å². The Morgan fingerprint density at radius 3 is 2.39 bits per heavy atom. The Balaban J connectivity index is 0. The number of benzene rings is 1. The van der Waals surface area contributed by atoms with E-state index in [2.05, 4.69) is 23.6 Å². The summed E-state index contributed by atoms with van der Waals surface area (Å²) in [6.45, 7) is 11.0. The smallest absolute Gasteiger partial charge is 0.226 e. The first kappa shape index (κ1) is 30.7. The summed E-state index contributed by atoms with van der Waals surface area (Å²) in [4.78, 5) is 12.7. The molecule has 1 amide bonds. The van der Waals surface area contributed by atoms with Crippen LogP contribution < -0.4 is 15.4 Å². The second-order valence-corrected chi connectivity index (χ2v) is 9.61. The van der Waals surface area contributed by atoms with Crippen molar-refractivity contribution in [1.82, 2.24) is 10.6 Å². The summed E-state index contributed by atoms with van der Waals surface area (Å²) in [7, 11) is -0.777. The zero-order valence-electron chi connectivity index (χ0n) is 17.2. The monoisotopic (exact) mass is 673 g/mol. The van der Waals surface area contributed by atoms with Crippen LogP contribution in [-0.2, 0) is 63.6 Å². The predicted octanol–water partition coefficient (Wildman–Crippen LogP) is 2.42. The summed E-state index contributed by atoms with van der Waals surface area (Å²) < 4.78 is 31.6. The first-order valence-corrected chi connectivity index (χ1v) is 11.0. The third-order valence-corrected chi connectivity index (χ3v) is 7.20. The fourth-order valence-electron chi connectivity index (χ4n) is 2.76. The van der Waals surface area contributed by atoms with Gasteiger partial charge in [0.05, 0.1) is 7.11 Å². The molecule has 0 heterocycles. The quantitative estimate of drug-likeness (QED) is 0.310. The van der Waals surface area contributed by atoms with Gasteiger partial charge in [0, 0.05) is 59.5 Å². The number of sulfone groups is 1. The van der Waals surface area contributed by atoms with E-state index in [9.17, 15) is 13.2 Å². The van der Waals surface area contributed by atoms with Gasteiger partial charge >= 0.3 is 0 Å². The van der Waals surface area contributed by atoms with Gasteiger partial charge in [0.2, 0.25) is 5.91 Å². The molecule has 0 saturated heterocycles. The number of rotatable bonds is 9. The van der Waals surface area contributed by atoms with Crippen molar-refractivity contribution in [1.29, 1.82) is 0 Å². The molecule has 2 N–H and O–H groups in total. The Labute approximate surface area is 213 Å². The summed E-state index contributed by atoms with van der Waals surface area (Å²) >= 11 is 1.45. The average molecular weight is 673 g/mol. The number of nitrogens with one attached hydrogen (secondary N) is 2. The Bertz CT molecular complexity index is 745. The molecule has 0 fully saturated rings. The van der Waals surface area contributed by atoms with Gasteiger partial charge in [-0.05, 0) is 34.6 Å². The van der Waals surface area contributed by atoms with Crippen LogP contribution in [0.3, 0.4) is 0 Å². The predicted molar refractivity (Wildman–Crippen MR) is 106 cm³/mol. The zero-order chi connectivity index (χ0) is 20.1. The summed E-state index contributed by atoms with van der Waals surface area (Å²) in [6, 6.07) is 4.30. The SMILES string of the molecule is [CH2-][C@H](NC(=O)c1cc(OC)[c-]c(C)c1S(=O)(=O)[C@@H](NC)C(C)C)SCC.[W].[Y]. The first-order chi connectivity index (χ1) is 12.1. The third-order valence-electron chi connectivity index (χ3n) is 3.80. The molecule has 28 heavy (non-hydrogen) atoms. The molecule has 0 aromatic heterocycles. The fraction of sp³-hybridized carbons (Fsp3) is 0.556. The van der Waals surface area contributed by atoms with E-state index in [-0.39, 0.29) is 75.5 Å². The molecule has 0 unspecified atom stereocenters. The van der Waals surface area contributed by atoms with E-state index >= 15 is 0 Å². The maximum Gasteiger partial charge on any atom is 0.226 e. The Hall–Kier alpha value is 0.542. The van der Waals surface area contributed by atoms with Crippen molar-refractivity contribution < 1.29 is 71.7 Å². The minimum atomic E-state index is -3.82. The number of carbonyl (C=O) groups excluding carboxylic acids is 1. The van der Waals surface area contributed by atoms with Crippen molar-refractivity contribution in [3.63, 3.8) is 0 Å². The number of amides is 1. The molecule has 10 heteroatoms. The molecule has 1 radical (unpaired) electrons. The molecule has 0 bridgehead atoms. The maximum atomic E-state index is 13.2. The number of hydrogen-bond acceptors (Lipinski definition) is 6. The van der Waals surface area contributed by atoms with Gasteiger partial charge in [0.25, 0.3) is 0 Å². The molecule has 0 aliphatic heterocycles. The standard InChI is InChI=1S/C18H28N2O4S2.W.Y/c1-8-25-13(5)20-17(21)15-10-14(24-7)9-12(4)16(15)26(22,23)18(19-6)11(2)3;;/h10-11,13,18-19H,5,8H2,1-4,6-7H3,(H,20,21);;/q-2;;/t13-,18-;;/m1../s1. The molecule has 6 nitrogen and oxygen atoms in total. The third kappa shape index (κ3) is 7.66. The first-order valence-electron chi connectivity index (χ1n) is 8.37. The van der Waals surface area contributed by atoms with E-state index in [0.29, 0.717) is 11.3 Å². The fourth-order valence-corrected chi connectivity index (χ4v) is 5.57. The minimum Gasteiger partial charge on any atom is -0.523 e. The summed E-state index contributed by atoms with van der Waals surface area (Å²) in [5, 5.41) is 4.37. The van der Waals surface area contributed by atoms with Crippen LogP contribution in [0.25, 0.3) is 0 Å². The molecule has 1 aromatic carbocycles. The van der Waals surface area contributed by atoms with Crippen molar-refractivity contribution in [2.45, 2.75) is 43.3 Å². The van der Waals surface area contributed by atoms with Gasteiger partial charge in [-0.3, -0.25) is 4.79 Å². The molecule has 0 saturated carbocycles. The van der Waals surface area contributed by atoms with Crippen molar-refractivity contribution in [2.24, 2.45) is 5.92 Å². The van der Waals surface area contributed by atoms with E-state index in [1.54, 1.807) is 14.0 Å². The number of hydrogen-bond donors (Lipinski definition) is 2. The molecule has 157 valence electrons. The van der Waals surface area contributed by atoms with Crippen LogP contribution in [0.4, 0.5) is 0 Å². The molecule has 0 aliphatic rings. The van der Waals surface area contributed by atoms with Crippen LogP contribution in [0, 0.1) is 25.8 Å². The topological polar surface area (TPSA) is 84.5 Å². The second kappa shape index (κ2) is 13.8. The Kier molecular flexibility index (Phi) is 15.1. The molecular formula is C18H28N2O4S2WY-2. The van der Waals surface area contributed by atoms with Crippen LogP contribution in [0.15, 0.2) is 11.0 Å². The van der Waals surface area contributed by atoms with Gasteiger partial charge in [0.15, 0.2) is 0 Å². The van der Waals surface area contributed by atoms with Gasteiger partial charge in [-0.2, -0.15) is 11.8 Å². The molecule has 1 rings (SSSR count). The number of thioether (sulfide) groups is 1. The Morgan fingerprint density at radius 1 is 1.39 bits per heavy atom. The molecule has 2 atom stereocenters. The van der Waals surface area contributed by atoms with E-state index in [1.165, 1.54) is 24.9 Å². The summed E-state index contributed by atoms with van der Waals surface area (Å²) in [5.74, 6) is 0.401.